The third-order valence-electron chi connectivity index (χ3n) is 4.98. The molecule has 0 fully saturated rings. The molecule has 7 heteroatoms. The highest BCUT2D eigenvalue weighted by atomic mass is 16.6. The van der Waals surface area contributed by atoms with Crippen LogP contribution in [0, 0.1) is 13.8 Å². The summed E-state index contributed by atoms with van der Waals surface area (Å²) >= 11 is 0. The number of fused-ring (bicyclic) bond motifs is 1. The SMILES string of the molecule is CC[C@]1(C)OC(=O)c2c1cc(OC(=O)c1c(C)cc(O)cc1O)c(C)c2O. The number of esters is 2. The molecule has 0 aromatic heterocycles. The minimum Gasteiger partial charge on any atom is -0.508 e. The molecule has 142 valence electrons. The van der Waals surface area contributed by atoms with Gasteiger partial charge in [-0.15, -0.1) is 0 Å². The standard InChI is InChI=1S/C20H20O7/c1-5-20(4)12-8-14(10(3)17(23)16(12)19(25)27-20)26-18(24)15-9(2)6-11(21)7-13(15)22/h6-8,21-23H,5H2,1-4H3/t20-/m0/s1. The predicted molar refractivity (Wildman–Crippen MR) is 95.4 cm³/mol. The van der Waals surface area contributed by atoms with Gasteiger partial charge >= 0.3 is 11.9 Å². The second-order valence-electron chi connectivity index (χ2n) is 6.79. The molecule has 27 heavy (non-hydrogen) atoms. The summed E-state index contributed by atoms with van der Waals surface area (Å²) in [7, 11) is 0. The van der Waals surface area contributed by atoms with Crippen molar-refractivity contribution in [3.05, 3.63) is 46.0 Å². The molecule has 3 N–H and O–H groups in total. The number of ether oxygens (including phenoxy) is 2. The second-order valence-corrected chi connectivity index (χ2v) is 6.79. The van der Waals surface area contributed by atoms with E-state index >= 15 is 0 Å². The molecule has 0 saturated carbocycles. The molecule has 0 radical (unpaired) electrons. The maximum Gasteiger partial charge on any atom is 0.347 e. The van der Waals surface area contributed by atoms with Gasteiger partial charge in [0.25, 0.3) is 0 Å². The van der Waals surface area contributed by atoms with E-state index in [1.807, 2.05) is 6.92 Å². The van der Waals surface area contributed by atoms with Crippen molar-refractivity contribution in [1.82, 2.24) is 0 Å². The Morgan fingerprint density at radius 2 is 1.85 bits per heavy atom. The first kappa shape index (κ1) is 18.6. The van der Waals surface area contributed by atoms with Gasteiger partial charge in [-0.25, -0.2) is 9.59 Å². The van der Waals surface area contributed by atoms with E-state index in [9.17, 15) is 24.9 Å². The number of hydrogen-bond acceptors (Lipinski definition) is 7. The fourth-order valence-corrected chi connectivity index (χ4v) is 3.21. The van der Waals surface area contributed by atoms with Gasteiger partial charge in [0.2, 0.25) is 0 Å². The summed E-state index contributed by atoms with van der Waals surface area (Å²) in [6.07, 6.45) is 0.472. The zero-order valence-electron chi connectivity index (χ0n) is 15.4. The molecular weight excluding hydrogens is 352 g/mol. The first-order valence-corrected chi connectivity index (χ1v) is 8.44. The van der Waals surface area contributed by atoms with Crippen molar-refractivity contribution in [3.63, 3.8) is 0 Å². The average molecular weight is 372 g/mol. The van der Waals surface area contributed by atoms with Crippen LogP contribution in [0.15, 0.2) is 18.2 Å². The molecule has 2 aromatic carbocycles. The maximum atomic E-state index is 12.6. The zero-order chi connectivity index (χ0) is 20.1. The van der Waals surface area contributed by atoms with Gasteiger partial charge in [0, 0.05) is 17.2 Å². The van der Waals surface area contributed by atoms with Crippen LogP contribution in [0.1, 0.15) is 57.7 Å². The topological polar surface area (TPSA) is 113 Å². The number of benzene rings is 2. The zero-order valence-corrected chi connectivity index (χ0v) is 15.4. The van der Waals surface area contributed by atoms with Crippen molar-refractivity contribution in [3.8, 4) is 23.0 Å². The van der Waals surface area contributed by atoms with Gasteiger partial charge in [-0.1, -0.05) is 6.92 Å². The molecule has 0 unspecified atom stereocenters. The Morgan fingerprint density at radius 1 is 1.19 bits per heavy atom. The molecular formula is C20H20O7. The summed E-state index contributed by atoms with van der Waals surface area (Å²) in [6.45, 7) is 6.61. The number of phenols is 3. The van der Waals surface area contributed by atoms with Crippen molar-refractivity contribution in [2.45, 2.75) is 39.7 Å². The fourth-order valence-electron chi connectivity index (χ4n) is 3.21. The molecule has 3 rings (SSSR count). The molecule has 0 amide bonds. The number of carbonyl (C=O) groups is 2. The molecule has 0 bridgehead atoms. The van der Waals surface area contributed by atoms with E-state index in [0.717, 1.165) is 6.07 Å². The normalized spacial score (nSPS) is 18.1. The van der Waals surface area contributed by atoms with E-state index in [4.69, 9.17) is 9.47 Å². The van der Waals surface area contributed by atoms with Gasteiger partial charge in [0.05, 0.1) is 0 Å². The van der Waals surface area contributed by atoms with Crippen molar-refractivity contribution < 1.29 is 34.4 Å². The van der Waals surface area contributed by atoms with Crippen LogP contribution in [0.3, 0.4) is 0 Å². The third kappa shape index (κ3) is 2.85. The predicted octanol–water partition coefficient (Wildman–Crippen LogP) is 3.44. The van der Waals surface area contributed by atoms with Crippen molar-refractivity contribution in [2.24, 2.45) is 0 Å². The highest BCUT2D eigenvalue weighted by Crippen LogP contribution is 2.46. The molecule has 0 saturated heterocycles. The highest BCUT2D eigenvalue weighted by molar-refractivity contribution is 5.99. The molecule has 7 nitrogen and oxygen atoms in total. The molecule has 2 aromatic rings. The lowest BCUT2D eigenvalue weighted by Gasteiger charge is -2.22. The van der Waals surface area contributed by atoms with E-state index in [1.54, 1.807) is 13.8 Å². The molecule has 1 aliphatic rings. The number of cyclic esters (lactones) is 1. The van der Waals surface area contributed by atoms with Crippen LogP contribution < -0.4 is 4.74 Å². The van der Waals surface area contributed by atoms with Gasteiger partial charge in [0.15, 0.2) is 0 Å². The lowest BCUT2D eigenvalue weighted by molar-refractivity contribution is -0.000929. The largest absolute Gasteiger partial charge is 0.508 e. The van der Waals surface area contributed by atoms with Gasteiger partial charge in [-0.3, -0.25) is 0 Å². The number of carbonyl (C=O) groups excluding carboxylic acids is 2. The summed E-state index contributed by atoms with van der Waals surface area (Å²) in [5.41, 5.74) is 0.00779. The van der Waals surface area contributed by atoms with Crippen LogP contribution in [0.25, 0.3) is 0 Å². The van der Waals surface area contributed by atoms with Gasteiger partial charge < -0.3 is 24.8 Å². The van der Waals surface area contributed by atoms with Crippen LogP contribution >= 0.6 is 0 Å². The number of aryl methyl sites for hydroxylation is 1. The molecule has 0 aliphatic carbocycles. The van der Waals surface area contributed by atoms with Crippen molar-refractivity contribution in [2.75, 3.05) is 0 Å². The van der Waals surface area contributed by atoms with Crippen LogP contribution in [-0.2, 0) is 10.3 Å². The lowest BCUT2D eigenvalue weighted by atomic mass is 9.90. The first-order chi connectivity index (χ1) is 12.6. The molecule has 1 atom stereocenters. The van der Waals surface area contributed by atoms with Gasteiger partial charge in [0.1, 0.15) is 39.7 Å². The number of aromatic hydroxyl groups is 3. The fraction of sp³-hybridized carbons (Fsp3) is 0.300. The summed E-state index contributed by atoms with van der Waals surface area (Å²) in [5, 5.41) is 29.9. The van der Waals surface area contributed by atoms with E-state index in [-0.39, 0.29) is 33.9 Å². The van der Waals surface area contributed by atoms with Gasteiger partial charge in [-0.2, -0.15) is 0 Å². The highest BCUT2D eigenvalue weighted by Gasteiger charge is 2.43. The summed E-state index contributed by atoms with van der Waals surface area (Å²) in [4.78, 5) is 24.7. The smallest absolute Gasteiger partial charge is 0.347 e. The molecule has 1 aliphatic heterocycles. The Morgan fingerprint density at radius 3 is 2.44 bits per heavy atom. The van der Waals surface area contributed by atoms with Crippen LogP contribution in [0.4, 0.5) is 0 Å². The van der Waals surface area contributed by atoms with Crippen LogP contribution in [0.2, 0.25) is 0 Å². The third-order valence-corrected chi connectivity index (χ3v) is 4.98. The Balaban J connectivity index is 2.07. The average Bonchev–Trinajstić information content (AvgIpc) is 2.82. The summed E-state index contributed by atoms with van der Waals surface area (Å²) in [6, 6.07) is 3.87. The van der Waals surface area contributed by atoms with Crippen molar-refractivity contribution in [1.29, 1.82) is 0 Å². The van der Waals surface area contributed by atoms with E-state index in [0.29, 0.717) is 17.5 Å². The van der Waals surface area contributed by atoms with Gasteiger partial charge in [-0.05, 0) is 44.9 Å². The van der Waals surface area contributed by atoms with E-state index in [1.165, 1.54) is 19.1 Å². The monoisotopic (exact) mass is 372 g/mol. The van der Waals surface area contributed by atoms with E-state index in [2.05, 4.69) is 0 Å². The number of rotatable bonds is 3. The Labute approximate surface area is 155 Å². The number of hydrogen-bond donors (Lipinski definition) is 3. The minimum absolute atomic E-state index is 0.0566. The van der Waals surface area contributed by atoms with E-state index < -0.39 is 23.3 Å². The first-order valence-electron chi connectivity index (χ1n) is 8.44. The Hall–Kier alpha value is -3.22. The quantitative estimate of drug-likeness (QED) is 0.559. The maximum absolute atomic E-state index is 12.6. The van der Waals surface area contributed by atoms with Crippen LogP contribution in [-0.4, -0.2) is 27.3 Å². The summed E-state index contributed by atoms with van der Waals surface area (Å²) < 4.78 is 10.8. The van der Waals surface area contributed by atoms with Crippen LogP contribution in [0.5, 0.6) is 23.0 Å². The summed E-state index contributed by atoms with van der Waals surface area (Å²) in [5.74, 6) is -2.32. The lowest BCUT2D eigenvalue weighted by Crippen LogP contribution is -2.20. The second kappa shape index (κ2) is 6.19. The van der Waals surface area contributed by atoms with Crippen molar-refractivity contribution >= 4 is 11.9 Å². The molecule has 0 spiro atoms. The minimum atomic E-state index is -0.935. The Kier molecular flexibility index (Phi) is 4.26. The molecule has 1 heterocycles. The number of phenolic OH excluding ortho intramolecular Hbond substituents is 3. The Bertz CT molecular complexity index is 954.